The van der Waals surface area contributed by atoms with Gasteiger partial charge in [0.15, 0.2) is 6.10 Å². The summed E-state index contributed by atoms with van der Waals surface area (Å²) in [6.45, 7) is 7.06. The van der Waals surface area contributed by atoms with Crippen LogP contribution in [0.25, 0.3) is 0 Å². The molecule has 4 heteroatoms. The molecule has 0 aromatic heterocycles. The molecule has 0 aliphatic rings. The van der Waals surface area contributed by atoms with Gasteiger partial charge in [-0.15, -0.1) is 0 Å². The third-order valence-corrected chi connectivity index (χ3v) is 4.09. The summed E-state index contributed by atoms with van der Waals surface area (Å²) >= 11 is 0. The Hall–Kier alpha value is -1.71. The minimum absolute atomic E-state index is 0.0368. The Balaban J connectivity index is 2.53. The number of hydrogen-bond acceptors (Lipinski definition) is 3. The number of ether oxygens (including phenoxy) is 2. The van der Waals surface area contributed by atoms with E-state index in [1.165, 1.54) is 19.3 Å². The van der Waals surface area contributed by atoms with Crippen LogP contribution >= 0.6 is 0 Å². The van der Waals surface area contributed by atoms with E-state index < -0.39 is 6.10 Å². The monoisotopic (exact) mass is 321 g/mol. The van der Waals surface area contributed by atoms with Gasteiger partial charge in [0.25, 0.3) is 5.91 Å². The van der Waals surface area contributed by atoms with E-state index >= 15 is 0 Å². The molecule has 0 saturated heterocycles. The van der Waals surface area contributed by atoms with Crippen molar-refractivity contribution in [3.8, 4) is 11.5 Å². The zero-order valence-corrected chi connectivity index (χ0v) is 14.9. The van der Waals surface area contributed by atoms with E-state index in [-0.39, 0.29) is 5.91 Å². The Morgan fingerprint density at radius 2 is 1.91 bits per heavy atom. The average Bonchev–Trinajstić information content (AvgIpc) is 2.59. The molecule has 1 aromatic carbocycles. The summed E-state index contributed by atoms with van der Waals surface area (Å²) in [6.07, 6.45) is 4.84. The van der Waals surface area contributed by atoms with Gasteiger partial charge in [0.2, 0.25) is 0 Å². The highest BCUT2D eigenvalue weighted by molar-refractivity contribution is 5.81. The summed E-state index contributed by atoms with van der Waals surface area (Å²) in [7, 11) is 1.62. The minimum Gasteiger partial charge on any atom is -0.497 e. The van der Waals surface area contributed by atoms with Gasteiger partial charge in [-0.2, -0.15) is 0 Å². The molecule has 0 saturated carbocycles. The maximum Gasteiger partial charge on any atom is 0.261 e. The van der Waals surface area contributed by atoms with Gasteiger partial charge in [0, 0.05) is 12.6 Å². The molecule has 0 radical (unpaired) electrons. The fourth-order valence-electron chi connectivity index (χ4n) is 2.46. The lowest BCUT2D eigenvalue weighted by Gasteiger charge is -2.20. The molecule has 130 valence electrons. The van der Waals surface area contributed by atoms with Crippen LogP contribution in [0.4, 0.5) is 0 Å². The summed E-state index contributed by atoms with van der Waals surface area (Å²) < 4.78 is 11.0. The van der Waals surface area contributed by atoms with Gasteiger partial charge in [-0.3, -0.25) is 4.79 Å². The second-order valence-electron chi connectivity index (χ2n) is 5.86. The average molecular weight is 321 g/mol. The Kier molecular flexibility index (Phi) is 9.18. The van der Waals surface area contributed by atoms with Crippen molar-refractivity contribution in [1.29, 1.82) is 0 Å². The van der Waals surface area contributed by atoms with Crippen LogP contribution in [0.15, 0.2) is 24.3 Å². The molecule has 0 bridgehead atoms. The summed E-state index contributed by atoms with van der Waals surface area (Å²) in [5.41, 5.74) is 0. The van der Waals surface area contributed by atoms with E-state index in [0.717, 1.165) is 18.7 Å². The van der Waals surface area contributed by atoms with Crippen molar-refractivity contribution in [2.75, 3.05) is 13.7 Å². The summed E-state index contributed by atoms with van der Waals surface area (Å²) in [4.78, 5) is 12.4. The van der Waals surface area contributed by atoms with Crippen LogP contribution in [0.1, 0.15) is 52.9 Å². The number of unbranched alkanes of at least 4 members (excludes halogenated alkanes) is 1. The number of methoxy groups -OCH3 is 1. The quantitative estimate of drug-likeness (QED) is 0.665. The van der Waals surface area contributed by atoms with E-state index in [9.17, 15) is 4.79 Å². The smallest absolute Gasteiger partial charge is 0.261 e. The first-order valence-electron chi connectivity index (χ1n) is 8.72. The number of benzene rings is 1. The first kappa shape index (κ1) is 19.3. The molecule has 1 N–H and O–H groups in total. The van der Waals surface area contributed by atoms with Crippen molar-refractivity contribution in [3.63, 3.8) is 0 Å². The molecule has 23 heavy (non-hydrogen) atoms. The SMILES string of the molecule is CCCC[C@H](CC)CNC(=O)[C@H](CC)Oc1cccc(OC)c1. The lowest BCUT2D eigenvalue weighted by Crippen LogP contribution is -2.40. The van der Waals surface area contributed by atoms with Gasteiger partial charge in [-0.25, -0.2) is 0 Å². The van der Waals surface area contributed by atoms with Crippen LogP contribution in [0, 0.1) is 5.92 Å². The van der Waals surface area contributed by atoms with Crippen molar-refractivity contribution in [2.45, 2.75) is 59.0 Å². The van der Waals surface area contributed by atoms with Crippen LogP contribution in [0.3, 0.4) is 0 Å². The van der Waals surface area contributed by atoms with E-state index in [1.807, 2.05) is 25.1 Å². The van der Waals surface area contributed by atoms with Crippen LogP contribution in [0.2, 0.25) is 0 Å². The maximum absolute atomic E-state index is 12.4. The molecule has 0 spiro atoms. The predicted octanol–water partition coefficient (Wildman–Crippen LogP) is 4.19. The number of amides is 1. The van der Waals surface area contributed by atoms with Crippen LogP contribution < -0.4 is 14.8 Å². The number of rotatable bonds is 11. The normalized spacial score (nSPS) is 13.2. The van der Waals surface area contributed by atoms with E-state index in [1.54, 1.807) is 13.2 Å². The second kappa shape index (κ2) is 10.9. The third kappa shape index (κ3) is 6.93. The Labute approximate surface area is 140 Å². The largest absolute Gasteiger partial charge is 0.497 e. The first-order chi connectivity index (χ1) is 11.1. The van der Waals surface area contributed by atoms with Crippen molar-refractivity contribution in [3.05, 3.63) is 24.3 Å². The molecular formula is C19H31NO3. The van der Waals surface area contributed by atoms with Gasteiger partial charge in [-0.1, -0.05) is 46.1 Å². The molecule has 0 unspecified atom stereocenters. The molecule has 0 fully saturated rings. The fourth-order valence-corrected chi connectivity index (χ4v) is 2.46. The lowest BCUT2D eigenvalue weighted by atomic mass is 9.99. The minimum atomic E-state index is -0.467. The molecule has 4 nitrogen and oxygen atoms in total. The number of carbonyl (C=O) groups excluding carboxylic acids is 1. The van der Waals surface area contributed by atoms with E-state index in [0.29, 0.717) is 18.1 Å². The molecule has 1 aromatic rings. The summed E-state index contributed by atoms with van der Waals surface area (Å²) in [5, 5.41) is 3.05. The zero-order valence-electron chi connectivity index (χ0n) is 14.9. The van der Waals surface area contributed by atoms with Gasteiger partial charge in [-0.05, 0) is 30.9 Å². The van der Waals surface area contributed by atoms with Gasteiger partial charge < -0.3 is 14.8 Å². The lowest BCUT2D eigenvalue weighted by molar-refractivity contribution is -0.128. The molecule has 1 amide bonds. The highest BCUT2D eigenvalue weighted by Crippen LogP contribution is 2.20. The van der Waals surface area contributed by atoms with Crippen LogP contribution in [-0.4, -0.2) is 25.7 Å². The van der Waals surface area contributed by atoms with Gasteiger partial charge >= 0.3 is 0 Å². The Morgan fingerprint density at radius 3 is 2.52 bits per heavy atom. The fraction of sp³-hybridized carbons (Fsp3) is 0.632. The van der Waals surface area contributed by atoms with Crippen molar-refractivity contribution in [2.24, 2.45) is 5.92 Å². The second-order valence-corrected chi connectivity index (χ2v) is 5.86. The molecule has 1 rings (SSSR count). The highest BCUT2D eigenvalue weighted by Gasteiger charge is 2.19. The van der Waals surface area contributed by atoms with Crippen LogP contribution in [0.5, 0.6) is 11.5 Å². The van der Waals surface area contributed by atoms with Gasteiger partial charge in [0.1, 0.15) is 11.5 Å². The van der Waals surface area contributed by atoms with Crippen molar-refractivity contribution in [1.82, 2.24) is 5.32 Å². The zero-order chi connectivity index (χ0) is 17.1. The Morgan fingerprint density at radius 1 is 1.17 bits per heavy atom. The molecule has 0 aliphatic heterocycles. The van der Waals surface area contributed by atoms with E-state index in [2.05, 4.69) is 19.2 Å². The first-order valence-corrected chi connectivity index (χ1v) is 8.72. The number of carbonyl (C=O) groups is 1. The standard InChI is InChI=1S/C19H31NO3/c1-5-8-10-15(6-2)14-20-19(21)18(7-3)23-17-12-9-11-16(13-17)22-4/h9,11-13,15,18H,5-8,10,14H2,1-4H3,(H,20,21)/t15-,18-/m0/s1. The maximum atomic E-state index is 12.4. The van der Waals surface area contributed by atoms with Crippen LogP contribution in [-0.2, 0) is 4.79 Å². The van der Waals surface area contributed by atoms with Gasteiger partial charge in [0.05, 0.1) is 7.11 Å². The summed E-state index contributed by atoms with van der Waals surface area (Å²) in [5.74, 6) is 1.89. The molecular weight excluding hydrogens is 290 g/mol. The van der Waals surface area contributed by atoms with E-state index in [4.69, 9.17) is 9.47 Å². The number of nitrogens with one attached hydrogen (secondary N) is 1. The molecule has 0 heterocycles. The Bertz CT molecular complexity index is 462. The number of hydrogen-bond donors (Lipinski definition) is 1. The highest BCUT2D eigenvalue weighted by atomic mass is 16.5. The topological polar surface area (TPSA) is 47.6 Å². The van der Waals surface area contributed by atoms with Crippen molar-refractivity contribution >= 4 is 5.91 Å². The molecule has 0 aliphatic carbocycles. The molecule has 2 atom stereocenters. The summed E-state index contributed by atoms with van der Waals surface area (Å²) in [6, 6.07) is 7.35. The third-order valence-electron chi connectivity index (χ3n) is 4.09. The van der Waals surface area contributed by atoms with Crippen molar-refractivity contribution < 1.29 is 14.3 Å². The predicted molar refractivity (Wildman–Crippen MR) is 94.0 cm³/mol.